The molecule has 1 aliphatic rings. The summed E-state index contributed by atoms with van der Waals surface area (Å²) in [5.41, 5.74) is 2.37. The van der Waals surface area contributed by atoms with E-state index in [2.05, 4.69) is 15.4 Å². The van der Waals surface area contributed by atoms with E-state index in [1.54, 1.807) is 16.9 Å². The maximum Gasteiger partial charge on any atom is 0.275 e. The molecule has 1 amide bonds. The zero-order valence-electron chi connectivity index (χ0n) is 13.3. The van der Waals surface area contributed by atoms with E-state index in [1.165, 1.54) is 11.3 Å². The third-order valence-electron chi connectivity index (χ3n) is 3.81. The normalized spacial score (nSPS) is 12.5. The lowest BCUT2D eigenvalue weighted by atomic mass is 10.1. The Bertz CT molecular complexity index is 913. The molecule has 24 heavy (non-hydrogen) atoms. The number of amides is 1. The summed E-state index contributed by atoms with van der Waals surface area (Å²) in [6.45, 7) is 4.45. The van der Waals surface area contributed by atoms with Gasteiger partial charge in [-0.25, -0.2) is 4.98 Å². The monoisotopic (exact) mass is 340 g/mol. The Kier molecular flexibility index (Phi) is 3.57. The van der Waals surface area contributed by atoms with E-state index in [9.17, 15) is 4.79 Å². The second kappa shape index (κ2) is 5.76. The van der Waals surface area contributed by atoms with Gasteiger partial charge in [0.25, 0.3) is 5.91 Å². The fourth-order valence-corrected chi connectivity index (χ4v) is 3.60. The summed E-state index contributed by atoms with van der Waals surface area (Å²) in [6, 6.07) is 9.62. The van der Waals surface area contributed by atoms with Crippen LogP contribution >= 0.6 is 11.3 Å². The minimum absolute atomic E-state index is 0.116. The number of nitrogens with zero attached hydrogens (tertiary/aromatic N) is 3. The van der Waals surface area contributed by atoms with Gasteiger partial charge in [0.15, 0.2) is 5.13 Å². The molecule has 0 saturated carbocycles. The Morgan fingerprint density at radius 1 is 1.33 bits per heavy atom. The molecule has 1 aliphatic heterocycles. The summed E-state index contributed by atoms with van der Waals surface area (Å²) in [5, 5.41) is 7.64. The number of benzene rings is 1. The fraction of sp³-hybridized carbons (Fsp3) is 0.235. The number of hydrogen-bond donors (Lipinski definition) is 1. The first kappa shape index (κ1) is 14.9. The molecule has 0 fully saturated rings. The average molecular weight is 340 g/mol. The second-order valence-corrected chi connectivity index (χ2v) is 6.87. The lowest BCUT2D eigenvalue weighted by Crippen LogP contribution is -2.18. The van der Waals surface area contributed by atoms with E-state index < -0.39 is 0 Å². The molecule has 4 rings (SSSR count). The molecule has 3 aromatic rings. The molecule has 1 aromatic carbocycles. The first-order chi connectivity index (χ1) is 11.6. The van der Waals surface area contributed by atoms with Gasteiger partial charge in [-0.1, -0.05) is 23.5 Å². The predicted octanol–water partition coefficient (Wildman–Crippen LogP) is 3.73. The first-order valence-corrected chi connectivity index (χ1v) is 8.52. The molecule has 3 heterocycles. The average Bonchev–Trinajstić information content (AvgIpc) is 3.21. The molecule has 0 atom stereocenters. The second-order valence-electron chi connectivity index (χ2n) is 5.78. The number of nitrogens with one attached hydrogen (secondary N) is 1. The number of aromatic nitrogens is 3. The minimum Gasteiger partial charge on any atom is -0.487 e. The molecular weight excluding hydrogens is 324 g/mol. The first-order valence-electron chi connectivity index (χ1n) is 7.70. The molecule has 0 bridgehead atoms. The highest BCUT2D eigenvalue weighted by molar-refractivity contribution is 7.16. The van der Waals surface area contributed by atoms with Crippen LogP contribution in [0.15, 0.2) is 36.5 Å². The highest BCUT2D eigenvalue weighted by Gasteiger charge is 2.23. The van der Waals surface area contributed by atoms with E-state index in [0.717, 1.165) is 21.9 Å². The number of hydrogen-bond acceptors (Lipinski definition) is 5. The Morgan fingerprint density at radius 2 is 2.17 bits per heavy atom. The van der Waals surface area contributed by atoms with Crippen LogP contribution in [0.3, 0.4) is 0 Å². The van der Waals surface area contributed by atoms with Crippen molar-refractivity contribution < 1.29 is 9.53 Å². The highest BCUT2D eigenvalue weighted by atomic mass is 32.1. The van der Waals surface area contributed by atoms with Crippen LogP contribution in [0.5, 0.6) is 5.75 Å². The quantitative estimate of drug-likeness (QED) is 0.789. The van der Waals surface area contributed by atoms with Crippen molar-refractivity contribution in [2.75, 3.05) is 5.32 Å². The van der Waals surface area contributed by atoms with Crippen LogP contribution in [0.25, 0.3) is 11.3 Å². The third-order valence-corrected chi connectivity index (χ3v) is 4.76. The van der Waals surface area contributed by atoms with E-state index in [1.807, 2.05) is 38.1 Å². The topological polar surface area (TPSA) is 69.0 Å². The van der Waals surface area contributed by atoms with Gasteiger partial charge in [0, 0.05) is 17.8 Å². The number of rotatable bonds is 3. The number of thiazole rings is 1. The van der Waals surface area contributed by atoms with Crippen LogP contribution in [-0.2, 0) is 6.61 Å². The zero-order chi connectivity index (χ0) is 16.7. The van der Waals surface area contributed by atoms with Gasteiger partial charge in [-0.15, -0.1) is 0 Å². The van der Waals surface area contributed by atoms with Crippen molar-refractivity contribution in [3.63, 3.8) is 0 Å². The van der Waals surface area contributed by atoms with Gasteiger partial charge in [-0.3, -0.25) is 14.8 Å². The van der Waals surface area contributed by atoms with Crippen molar-refractivity contribution in [2.24, 2.45) is 0 Å². The van der Waals surface area contributed by atoms with Crippen LogP contribution in [-0.4, -0.2) is 20.7 Å². The molecule has 0 unspecified atom stereocenters. The Balaban J connectivity index is 1.62. The molecule has 0 spiro atoms. The van der Waals surface area contributed by atoms with Gasteiger partial charge in [-0.05, 0) is 32.0 Å². The van der Waals surface area contributed by atoms with Gasteiger partial charge in [0.2, 0.25) is 0 Å². The van der Waals surface area contributed by atoms with Gasteiger partial charge >= 0.3 is 0 Å². The number of carbonyl (C=O) groups excluding carboxylic acids is 1. The van der Waals surface area contributed by atoms with E-state index >= 15 is 0 Å². The van der Waals surface area contributed by atoms with E-state index in [4.69, 9.17) is 4.74 Å². The lowest BCUT2D eigenvalue weighted by Gasteiger charge is -2.15. The van der Waals surface area contributed by atoms with Crippen molar-refractivity contribution in [3.8, 4) is 17.0 Å². The van der Waals surface area contributed by atoms with Crippen LogP contribution in [0.1, 0.15) is 35.3 Å². The molecule has 6 nitrogen and oxygen atoms in total. The molecule has 1 N–H and O–H groups in total. The van der Waals surface area contributed by atoms with Crippen LogP contribution < -0.4 is 10.1 Å². The molecule has 7 heteroatoms. The van der Waals surface area contributed by atoms with Gasteiger partial charge < -0.3 is 4.74 Å². The molecule has 2 aromatic heterocycles. The van der Waals surface area contributed by atoms with Crippen molar-refractivity contribution >= 4 is 22.4 Å². The van der Waals surface area contributed by atoms with Gasteiger partial charge in [0.05, 0.1) is 10.6 Å². The molecule has 0 radical (unpaired) electrons. The van der Waals surface area contributed by atoms with Crippen LogP contribution in [0.4, 0.5) is 5.13 Å². The third kappa shape index (κ3) is 2.46. The lowest BCUT2D eigenvalue weighted by molar-refractivity contribution is 0.101. The standard InChI is InChI=1S/C17H16N4O2S/c1-10(2)21-12(7-8-18-21)16(22)20-17-19-15-11-5-3-4-6-13(11)23-9-14(15)24-17/h3-8,10H,9H2,1-2H3,(H,19,20,22). The van der Waals surface area contributed by atoms with E-state index in [-0.39, 0.29) is 11.9 Å². The summed E-state index contributed by atoms with van der Waals surface area (Å²) in [5.74, 6) is 0.618. The summed E-state index contributed by atoms with van der Waals surface area (Å²) >= 11 is 1.44. The fourth-order valence-electron chi connectivity index (χ4n) is 2.71. The number of fused-ring (bicyclic) bond motifs is 3. The number of anilines is 1. The van der Waals surface area contributed by atoms with Crippen LogP contribution in [0, 0.1) is 0 Å². The zero-order valence-corrected chi connectivity index (χ0v) is 14.1. The minimum atomic E-state index is -0.207. The largest absolute Gasteiger partial charge is 0.487 e. The van der Waals surface area contributed by atoms with Gasteiger partial charge in [0.1, 0.15) is 18.1 Å². The predicted molar refractivity (Wildman–Crippen MR) is 92.4 cm³/mol. The molecule has 0 aliphatic carbocycles. The summed E-state index contributed by atoms with van der Waals surface area (Å²) in [6.07, 6.45) is 1.63. The molecule has 122 valence electrons. The summed E-state index contributed by atoms with van der Waals surface area (Å²) < 4.78 is 7.43. The molecule has 0 saturated heterocycles. The summed E-state index contributed by atoms with van der Waals surface area (Å²) in [7, 11) is 0. The number of para-hydroxylation sites is 1. The van der Waals surface area contributed by atoms with Crippen molar-refractivity contribution in [3.05, 3.63) is 47.1 Å². The number of carbonyl (C=O) groups is 1. The van der Waals surface area contributed by atoms with Crippen molar-refractivity contribution in [1.82, 2.24) is 14.8 Å². The number of ether oxygens (including phenoxy) is 1. The smallest absolute Gasteiger partial charge is 0.275 e. The summed E-state index contributed by atoms with van der Waals surface area (Å²) in [4.78, 5) is 18.1. The maximum atomic E-state index is 12.5. The Labute approximate surface area is 143 Å². The highest BCUT2D eigenvalue weighted by Crippen LogP contribution is 2.40. The van der Waals surface area contributed by atoms with Crippen LogP contribution in [0.2, 0.25) is 0 Å². The van der Waals surface area contributed by atoms with E-state index in [0.29, 0.717) is 17.4 Å². The Hall–Kier alpha value is -2.67. The van der Waals surface area contributed by atoms with Crippen molar-refractivity contribution in [1.29, 1.82) is 0 Å². The van der Waals surface area contributed by atoms with Gasteiger partial charge in [-0.2, -0.15) is 5.10 Å². The SMILES string of the molecule is CC(C)n1nccc1C(=O)Nc1nc2c(s1)COc1ccccc1-2. The molecular formula is C17H16N4O2S. The van der Waals surface area contributed by atoms with Crippen molar-refractivity contribution in [2.45, 2.75) is 26.5 Å². The Morgan fingerprint density at radius 3 is 3.00 bits per heavy atom. The maximum absolute atomic E-state index is 12.5.